The molecule has 0 saturated carbocycles. The van der Waals surface area contributed by atoms with Crippen LogP contribution in [0.2, 0.25) is 5.02 Å². The van der Waals surface area contributed by atoms with E-state index < -0.39 is 0 Å². The molecule has 1 heterocycles. The maximum absolute atomic E-state index is 12.3. The standard InChI is InChI=1S/C20H23ClN2O2/c21-17-7-5-14(6-8-17)9-15(13-24)11-23-20(25)10-19-18-4-2-1-3-16(18)12-22-19/h1-8,15,19,22,24H,9-13H2,(H,23,25). The van der Waals surface area contributed by atoms with Crippen molar-refractivity contribution in [2.24, 2.45) is 5.92 Å². The summed E-state index contributed by atoms with van der Waals surface area (Å²) < 4.78 is 0. The highest BCUT2D eigenvalue weighted by molar-refractivity contribution is 6.30. The third kappa shape index (κ3) is 4.82. The second-order valence-electron chi connectivity index (χ2n) is 6.52. The number of carbonyl (C=O) groups is 1. The summed E-state index contributed by atoms with van der Waals surface area (Å²) in [5, 5.41) is 16.6. The first-order valence-corrected chi connectivity index (χ1v) is 8.96. The fourth-order valence-electron chi connectivity index (χ4n) is 3.23. The van der Waals surface area contributed by atoms with Gasteiger partial charge in [0.1, 0.15) is 0 Å². The highest BCUT2D eigenvalue weighted by Crippen LogP contribution is 2.27. The number of fused-ring (bicyclic) bond motifs is 1. The van der Waals surface area contributed by atoms with E-state index in [0.717, 1.165) is 12.1 Å². The van der Waals surface area contributed by atoms with Crippen LogP contribution in [-0.4, -0.2) is 24.2 Å². The number of halogens is 1. The van der Waals surface area contributed by atoms with Gasteiger partial charge in [0, 0.05) is 43.1 Å². The van der Waals surface area contributed by atoms with Crippen LogP contribution >= 0.6 is 11.6 Å². The molecule has 0 spiro atoms. The van der Waals surface area contributed by atoms with Crippen LogP contribution in [0, 0.1) is 5.92 Å². The molecule has 0 radical (unpaired) electrons. The lowest BCUT2D eigenvalue weighted by Gasteiger charge is -2.17. The van der Waals surface area contributed by atoms with Gasteiger partial charge >= 0.3 is 0 Å². The molecule has 0 bridgehead atoms. The van der Waals surface area contributed by atoms with Gasteiger partial charge < -0.3 is 15.7 Å². The number of hydrogen-bond donors (Lipinski definition) is 3. The van der Waals surface area contributed by atoms with Crippen LogP contribution in [0.3, 0.4) is 0 Å². The number of nitrogens with one attached hydrogen (secondary N) is 2. The van der Waals surface area contributed by atoms with Gasteiger partial charge in [0.25, 0.3) is 0 Å². The quantitative estimate of drug-likeness (QED) is 0.713. The van der Waals surface area contributed by atoms with Gasteiger partial charge in [-0.15, -0.1) is 0 Å². The van der Waals surface area contributed by atoms with Crippen LogP contribution in [0.1, 0.15) is 29.2 Å². The normalized spacial score (nSPS) is 17.1. The zero-order valence-corrected chi connectivity index (χ0v) is 14.8. The van der Waals surface area contributed by atoms with E-state index in [-0.39, 0.29) is 24.5 Å². The molecule has 25 heavy (non-hydrogen) atoms. The number of carbonyl (C=O) groups excluding carboxylic acids is 1. The summed E-state index contributed by atoms with van der Waals surface area (Å²) in [5.41, 5.74) is 3.57. The number of amides is 1. The molecule has 0 aromatic heterocycles. The summed E-state index contributed by atoms with van der Waals surface area (Å²) in [6.45, 7) is 1.31. The van der Waals surface area contributed by atoms with Crippen molar-refractivity contribution < 1.29 is 9.90 Å². The second-order valence-corrected chi connectivity index (χ2v) is 6.96. The molecule has 0 fully saturated rings. The Morgan fingerprint density at radius 2 is 2.00 bits per heavy atom. The Bertz CT molecular complexity index is 718. The molecule has 3 N–H and O–H groups in total. The van der Waals surface area contributed by atoms with Crippen molar-refractivity contribution in [1.29, 1.82) is 0 Å². The monoisotopic (exact) mass is 358 g/mol. The Kier molecular flexibility index (Phi) is 6.08. The van der Waals surface area contributed by atoms with Gasteiger partial charge in [-0.3, -0.25) is 4.79 Å². The first-order valence-electron chi connectivity index (χ1n) is 8.59. The van der Waals surface area contributed by atoms with Crippen molar-refractivity contribution in [1.82, 2.24) is 10.6 Å². The van der Waals surface area contributed by atoms with E-state index in [0.29, 0.717) is 24.4 Å². The van der Waals surface area contributed by atoms with Gasteiger partial charge in [0.2, 0.25) is 5.91 Å². The van der Waals surface area contributed by atoms with Crippen molar-refractivity contribution in [3.05, 3.63) is 70.2 Å². The lowest BCUT2D eigenvalue weighted by Crippen LogP contribution is -2.33. The lowest BCUT2D eigenvalue weighted by atomic mass is 9.99. The molecule has 0 saturated heterocycles. The number of benzene rings is 2. The van der Waals surface area contributed by atoms with Crippen LogP contribution in [0.5, 0.6) is 0 Å². The van der Waals surface area contributed by atoms with Crippen LogP contribution in [0.4, 0.5) is 0 Å². The zero-order chi connectivity index (χ0) is 17.6. The van der Waals surface area contributed by atoms with Crippen LogP contribution < -0.4 is 10.6 Å². The summed E-state index contributed by atoms with van der Waals surface area (Å²) >= 11 is 5.89. The summed E-state index contributed by atoms with van der Waals surface area (Å²) in [6, 6.07) is 15.8. The van der Waals surface area contributed by atoms with Gasteiger partial charge in [-0.05, 0) is 35.2 Å². The van der Waals surface area contributed by atoms with Crippen molar-refractivity contribution in [3.63, 3.8) is 0 Å². The minimum Gasteiger partial charge on any atom is -0.396 e. The van der Waals surface area contributed by atoms with E-state index >= 15 is 0 Å². The molecule has 2 unspecified atom stereocenters. The number of aliphatic hydroxyl groups excluding tert-OH is 1. The van der Waals surface area contributed by atoms with Crippen molar-refractivity contribution in [2.75, 3.05) is 13.2 Å². The maximum Gasteiger partial charge on any atom is 0.221 e. The Labute approximate surface area is 153 Å². The van der Waals surface area contributed by atoms with E-state index in [4.69, 9.17) is 11.6 Å². The smallest absolute Gasteiger partial charge is 0.221 e. The summed E-state index contributed by atoms with van der Waals surface area (Å²) in [4.78, 5) is 12.3. The summed E-state index contributed by atoms with van der Waals surface area (Å²) in [6.07, 6.45) is 1.12. The SMILES string of the molecule is O=C(CC1NCc2ccccc21)NCC(CO)Cc1ccc(Cl)cc1. The van der Waals surface area contributed by atoms with Crippen LogP contribution in [0.15, 0.2) is 48.5 Å². The highest BCUT2D eigenvalue weighted by atomic mass is 35.5. The Morgan fingerprint density at radius 1 is 1.24 bits per heavy atom. The molecule has 5 heteroatoms. The first-order chi connectivity index (χ1) is 12.2. The minimum atomic E-state index is -0.00560. The number of rotatable bonds is 7. The van der Waals surface area contributed by atoms with Crippen molar-refractivity contribution in [2.45, 2.75) is 25.4 Å². The summed E-state index contributed by atoms with van der Waals surface area (Å²) in [7, 11) is 0. The Balaban J connectivity index is 1.48. The van der Waals surface area contributed by atoms with Gasteiger partial charge in [-0.1, -0.05) is 48.0 Å². The van der Waals surface area contributed by atoms with E-state index in [9.17, 15) is 9.90 Å². The van der Waals surface area contributed by atoms with Crippen LogP contribution in [-0.2, 0) is 17.8 Å². The van der Waals surface area contributed by atoms with Crippen molar-refractivity contribution in [3.8, 4) is 0 Å². The molecular formula is C20H23ClN2O2. The molecule has 4 nitrogen and oxygen atoms in total. The van der Waals surface area contributed by atoms with Gasteiger partial charge in [-0.25, -0.2) is 0 Å². The molecular weight excluding hydrogens is 336 g/mol. The fourth-order valence-corrected chi connectivity index (χ4v) is 3.36. The average molecular weight is 359 g/mol. The fraction of sp³-hybridized carbons (Fsp3) is 0.350. The molecule has 132 valence electrons. The van der Waals surface area contributed by atoms with Gasteiger partial charge in [-0.2, -0.15) is 0 Å². The molecule has 1 amide bonds. The average Bonchev–Trinajstić information content (AvgIpc) is 3.03. The molecule has 0 aliphatic carbocycles. The molecule has 2 aromatic carbocycles. The summed E-state index contributed by atoms with van der Waals surface area (Å²) in [5.74, 6) is -0.00212. The third-order valence-electron chi connectivity index (χ3n) is 4.64. The zero-order valence-electron chi connectivity index (χ0n) is 14.0. The first kappa shape index (κ1) is 17.9. The minimum absolute atomic E-state index is 0.00348. The Hall–Kier alpha value is -1.88. The molecule has 3 rings (SSSR count). The topological polar surface area (TPSA) is 61.4 Å². The predicted molar refractivity (Wildman–Crippen MR) is 99.4 cm³/mol. The number of aliphatic hydroxyl groups is 1. The molecule has 1 aliphatic rings. The second kappa shape index (κ2) is 8.48. The van der Waals surface area contributed by atoms with Crippen molar-refractivity contribution >= 4 is 17.5 Å². The van der Waals surface area contributed by atoms with E-state index in [1.807, 2.05) is 36.4 Å². The highest BCUT2D eigenvalue weighted by Gasteiger charge is 2.23. The number of hydrogen-bond acceptors (Lipinski definition) is 3. The molecule has 1 aliphatic heterocycles. The lowest BCUT2D eigenvalue weighted by molar-refractivity contribution is -0.121. The molecule has 2 aromatic rings. The van der Waals surface area contributed by atoms with Crippen LogP contribution in [0.25, 0.3) is 0 Å². The Morgan fingerprint density at radius 3 is 2.76 bits per heavy atom. The van der Waals surface area contributed by atoms with Gasteiger partial charge in [0.15, 0.2) is 0 Å². The predicted octanol–water partition coefficient (Wildman–Crippen LogP) is 2.84. The van der Waals surface area contributed by atoms with E-state index in [1.165, 1.54) is 11.1 Å². The van der Waals surface area contributed by atoms with Gasteiger partial charge in [0.05, 0.1) is 0 Å². The third-order valence-corrected chi connectivity index (χ3v) is 4.89. The largest absolute Gasteiger partial charge is 0.396 e. The van der Waals surface area contributed by atoms with E-state index in [1.54, 1.807) is 0 Å². The maximum atomic E-state index is 12.3. The van der Waals surface area contributed by atoms with E-state index in [2.05, 4.69) is 22.8 Å². The molecule has 2 atom stereocenters.